The first kappa shape index (κ1) is 10.4. The van der Waals surface area contributed by atoms with Crippen molar-refractivity contribution in [1.29, 1.82) is 0 Å². The molecule has 0 fully saturated rings. The van der Waals surface area contributed by atoms with E-state index in [0.29, 0.717) is 5.56 Å². The summed E-state index contributed by atoms with van der Waals surface area (Å²) >= 11 is 0. The lowest BCUT2D eigenvalue weighted by Crippen LogP contribution is -2.17. The van der Waals surface area contributed by atoms with Crippen LogP contribution in [0.4, 0.5) is 0 Å². The lowest BCUT2D eigenvalue weighted by atomic mass is 10.1. The van der Waals surface area contributed by atoms with E-state index in [-0.39, 0.29) is 5.91 Å². The number of carbonyl (C=O) groups is 1. The summed E-state index contributed by atoms with van der Waals surface area (Å²) in [6.45, 7) is 3.94. The Kier molecular flexibility index (Phi) is 3.85. The molecule has 0 aliphatic heterocycles. The van der Waals surface area contributed by atoms with Gasteiger partial charge >= 0.3 is 0 Å². The zero-order valence-electron chi connectivity index (χ0n) is 8.45. The van der Waals surface area contributed by atoms with Crippen LogP contribution in [0.5, 0.6) is 0 Å². The second-order valence-corrected chi connectivity index (χ2v) is 3.03. The standard InChI is InChI=1S/C11H14N2O/c1-3-8-12-13-11(14)10-6-4-9(2)5-7-10/h4-8H,3H2,1-2H3,(H,13,14)/b12-8-. The highest BCUT2D eigenvalue weighted by Gasteiger charge is 2.01. The van der Waals surface area contributed by atoms with Gasteiger partial charge in [-0.15, -0.1) is 0 Å². The SMILES string of the molecule is CC/C=N\NC(=O)c1ccc(C)cc1. The average Bonchev–Trinajstić information content (AvgIpc) is 2.19. The lowest BCUT2D eigenvalue weighted by Gasteiger charge is -1.99. The number of nitrogens with zero attached hydrogens (tertiary/aromatic N) is 1. The number of hydrogen-bond acceptors (Lipinski definition) is 2. The maximum absolute atomic E-state index is 11.4. The Morgan fingerprint density at radius 1 is 1.43 bits per heavy atom. The molecule has 0 aliphatic rings. The van der Waals surface area contributed by atoms with Gasteiger partial charge in [0.1, 0.15) is 0 Å². The van der Waals surface area contributed by atoms with Gasteiger partial charge in [-0.25, -0.2) is 5.43 Å². The van der Waals surface area contributed by atoms with E-state index in [2.05, 4.69) is 10.5 Å². The highest BCUT2D eigenvalue weighted by molar-refractivity contribution is 5.94. The van der Waals surface area contributed by atoms with E-state index in [1.165, 1.54) is 0 Å². The molecule has 3 heteroatoms. The fraction of sp³-hybridized carbons (Fsp3) is 0.273. The van der Waals surface area contributed by atoms with Crippen LogP contribution in [0.15, 0.2) is 29.4 Å². The summed E-state index contributed by atoms with van der Waals surface area (Å²) in [5.41, 5.74) is 4.22. The quantitative estimate of drug-likeness (QED) is 0.575. The van der Waals surface area contributed by atoms with Gasteiger partial charge in [-0.1, -0.05) is 24.6 Å². The van der Waals surface area contributed by atoms with Crippen molar-refractivity contribution in [2.75, 3.05) is 0 Å². The molecule has 0 saturated carbocycles. The maximum atomic E-state index is 11.4. The van der Waals surface area contributed by atoms with E-state index in [4.69, 9.17) is 0 Å². The first-order chi connectivity index (χ1) is 6.74. The van der Waals surface area contributed by atoms with Crippen molar-refractivity contribution >= 4 is 12.1 Å². The number of rotatable bonds is 3. The van der Waals surface area contributed by atoms with E-state index >= 15 is 0 Å². The minimum Gasteiger partial charge on any atom is -0.267 e. The van der Waals surface area contributed by atoms with Crippen molar-refractivity contribution in [2.45, 2.75) is 20.3 Å². The van der Waals surface area contributed by atoms with E-state index in [1.54, 1.807) is 18.3 Å². The van der Waals surface area contributed by atoms with Gasteiger partial charge in [-0.05, 0) is 25.5 Å². The predicted octanol–water partition coefficient (Wildman–Crippen LogP) is 2.12. The Balaban J connectivity index is 2.61. The second-order valence-electron chi connectivity index (χ2n) is 3.03. The molecule has 1 aromatic carbocycles. The number of carbonyl (C=O) groups excluding carboxylic acids is 1. The van der Waals surface area contributed by atoms with Crippen molar-refractivity contribution in [2.24, 2.45) is 5.10 Å². The number of aryl methyl sites for hydroxylation is 1. The third-order valence-electron chi connectivity index (χ3n) is 1.75. The zero-order valence-corrected chi connectivity index (χ0v) is 8.45. The Morgan fingerprint density at radius 2 is 2.07 bits per heavy atom. The number of amides is 1. The van der Waals surface area contributed by atoms with Crippen molar-refractivity contribution in [3.05, 3.63) is 35.4 Å². The second kappa shape index (κ2) is 5.17. The van der Waals surface area contributed by atoms with Gasteiger partial charge in [0.15, 0.2) is 0 Å². The van der Waals surface area contributed by atoms with Crippen LogP contribution in [0, 0.1) is 6.92 Å². The van der Waals surface area contributed by atoms with Gasteiger partial charge in [0.05, 0.1) is 0 Å². The summed E-state index contributed by atoms with van der Waals surface area (Å²) in [7, 11) is 0. The number of benzene rings is 1. The summed E-state index contributed by atoms with van der Waals surface area (Å²) in [5, 5.41) is 3.76. The summed E-state index contributed by atoms with van der Waals surface area (Å²) in [5.74, 6) is -0.172. The number of hydrogen-bond donors (Lipinski definition) is 1. The summed E-state index contributed by atoms with van der Waals surface area (Å²) < 4.78 is 0. The highest BCUT2D eigenvalue weighted by atomic mass is 16.2. The van der Waals surface area contributed by atoms with Gasteiger partial charge in [-0.2, -0.15) is 5.10 Å². The molecule has 0 radical (unpaired) electrons. The van der Waals surface area contributed by atoms with Crippen LogP contribution in [0.2, 0.25) is 0 Å². The Morgan fingerprint density at radius 3 is 2.64 bits per heavy atom. The largest absolute Gasteiger partial charge is 0.271 e. The van der Waals surface area contributed by atoms with Crippen molar-refractivity contribution in [1.82, 2.24) is 5.43 Å². The molecule has 0 aliphatic carbocycles. The molecule has 0 spiro atoms. The van der Waals surface area contributed by atoms with Gasteiger partial charge in [0.2, 0.25) is 0 Å². The molecule has 74 valence electrons. The molecule has 1 amide bonds. The molecule has 1 N–H and O–H groups in total. The molecule has 0 unspecified atom stereocenters. The molecule has 0 bridgehead atoms. The average molecular weight is 190 g/mol. The first-order valence-corrected chi connectivity index (χ1v) is 4.62. The van der Waals surface area contributed by atoms with Crippen LogP contribution < -0.4 is 5.43 Å². The van der Waals surface area contributed by atoms with Crippen LogP contribution in [-0.2, 0) is 0 Å². The zero-order chi connectivity index (χ0) is 10.4. The van der Waals surface area contributed by atoms with Crippen LogP contribution in [0.1, 0.15) is 29.3 Å². The van der Waals surface area contributed by atoms with Gasteiger partial charge in [0.25, 0.3) is 5.91 Å². The van der Waals surface area contributed by atoms with Crippen LogP contribution in [-0.4, -0.2) is 12.1 Å². The van der Waals surface area contributed by atoms with Gasteiger partial charge in [-0.3, -0.25) is 4.79 Å². The van der Waals surface area contributed by atoms with E-state index < -0.39 is 0 Å². The molecule has 0 heterocycles. The molecule has 1 aromatic rings. The maximum Gasteiger partial charge on any atom is 0.271 e. The molecule has 14 heavy (non-hydrogen) atoms. The van der Waals surface area contributed by atoms with Gasteiger partial charge < -0.3 is 0 Å². The van der Waals surface area contributed by atoms with Crippen LogP contribution in [0.25, 0.3) is 0 Å². The van der Waals surface area contributed by atoms with E-state index in [9.17, 15) is 4.79 Å². The predicted molar refractivity (Wildman–Crippen MR) is 57.4 cm³/mol. The van der Waals surface area contributed by atoms with Gasteiger partial charge in [0, 0.05) is 11.8 Å². The summed E-state index contributed by atoms with van der Waals surface area (Å²) in [6, 6.07) is 7.37. The minimum absolute atomic E-state index is 0.172. The monoisotopic (exact) mass is 190 g/mol. The molecule has 1 rings (SSSR count). The fourth-order valence-electron chi connectivity index (χ4n) is 0.965. The summed E-state index contributed by atoms with van der Waals surface area (Å²) in [4.78, 5) is 11.4. The number of hydrazone groups is 1. The Labute approximate surface area is 83.8 Å². The van der Waals surface area contributed by atoms with Crippen molar-refractivity contribution in [3.8, 4) is 0 Å². The normalized spacial score (nSPS) is 10.4. The molecular weight excluding hydrogens is 176 g/mol. The molecule has 3 nitrogen and oxygen atoms in total. The Hall–Kier alpha value is -1.64. The molecule has 0 atom stereocenters. The van der Waals surface area contributed by atoms with E-state index in [1.807, 2.05) is 26.0 Å². The first-order valence-electron chi connectivity index (χ1n) is 4.62. The lowest BCUT2D eigenvalue weighted by molar-refractivity contribution is 0.0955. The highest BCUT2D eigenvalue weighted by Crippen LogP contribution is 2.02. The molecular formula is C11H14N2O. The smallest absolute Gasteiger partial charge is 0.267 e. The fourth-order valence-corrected chi connectivity index (χ4v) is 0.965. The Bertz CT molecular complexity index is 328. The van der Waals surface area contributed by atoms with E-state index in [0.717, 1.165) is 12.0 Å². The topological polar surface area (TPSA) is 41.5 Å². The third kappa shape index (κ3) is 3.01. The minimum atomic E-state index is -0.172. The number of nitrogens with one attached hydrogen (secondary N) is 1. The molecule has 0 saturated heterocycles. The van der Waals surface area contributed by atoms with Crippen molar-refractivity contribution in [3.63, 3.8) is 0 Å². The van der Waals surface area contributed by atoms with Crippen LogP contribution in [0.3, 0.4) is 0 Å². The van der Waals surface area contributed by atoms with Crippen molar-refractivity contribution < 1.29 is 4.79 Å². The summed E-state index contributed by atoms with van der Waals surface area (Å²) in [6.07, 6.45) is 2.47. The van der Waals surface area contributed by atoms with Crippen LogP contribution >= 0.6 is 0 Å². The molecule has 0 aromatic heterocycles. The third-order valence-corrected chi connectivity index (χ3v) is 1.75.